The van der Waals surface area contributed by atoms with E-state index in [4.69, 9.17) is 9.26 Å². The van der Waals surface area contributed by atoms with Crippen molar-refractivity contribution in [1.29, 1.82) is 0 Å². The molecule has 0 unspecified atom stereocenters. The number of ether oxygens (including phenoxy) is 1. The van der Waals surface area contributed by atoms with Gasteiger partial charge in [0, 0.05) is 13.0 Å². The molecule has 0 saturated carbocycles. The van der Waals surface area contributed by atoms with Crippen LogP contribution in [0.2, 0.25) is 0 Å². The predicted octanol–water partition coefficient (Wildman–Crippen LogP) is 1.28. The first-order valence-electron chi connectivity index (χ1n) is 4.83. The van der Waals surface area contributed by atoms with Crippen LogP contribution >= 0.6 is 0 Å². The fourth-order valence-electron chi connectivity index (χ4n) is 1.54. The SMILES string of the molecule is C=CCOc1noc2c1CNCCC2. The van der Waals surface area contributed by atoms with E-state index in [9.17, 15) is 0 Å². The van der Waals surface area contributed by atoms with Crippen molar-refractivity contribution < 1.29 is 9.26 Å². The first-order chi connectivity index (χ1) is 6.92. The lowest BCUT2D eigenvalue weighted by Crippen LogP contribution is -2.12. The van der Waals surface area contributed by atoms with E-state index in [0.29, 0.717) is 12.5 Å². The van der Waals surface area contributed by atoms with Crippen LogP contribution in [0, 0.1) is 0 Å². The van der Waals surface area contributed by atoms with Gasteiger partial charge in [-0.15, -0.1) is 0 Å². The molecular weight excluding hydrogens is 180 g/mol. The monoisotopic (exact) mass is 194 g/mol. The smallest absolute Gasteiger partial charge is 0.259 e. The molecule has 4 heteroatoms. The third-order valence-electron chi connectivity index (χ3n) is 2.23. The van der Waals surface area contributed by atoms with E-state index < -0.39 is 0 Å². The third-order valence-corrected chi connectivity index (χ3v) is 2.23. The predicted molar refractivity (Wildman–Crippen MR) is 52.2 cm³/mol. The molecule has 0 fully saturated rings. The van der Waals surface area contributed by atoms with Crippen LogP contribution in [0.5, 0.6) is 5.88 Å². The highest BCUT2D eigenvalue weighted by Gasteiger charge is 2.18. The molecule has 0 radical (unpaired) electrons. The zero-order valence-corrected chi connectivity index (χ0v) is 8.08. The van der Waals surface area contributed by atoms with E-state index in [2.05, 4.69) is 17.1 Å². The molecule has 0 aromatic carbocycles. The second-order valence-electron chi connectivity index (χ2n) is 3.27. The fraction of sp³-hybridized carbons (Fsp3) is 0.500. The molecular formula is C10H14N2O2. The number of hydrogen-bond acceptors (Lipinski definition) is 4. The molecule has 2 heterocycles. The van der Waals surface area contributed by atoms with Crippen LogP contribution in [0.15, 0.2) is 17.2 Å². The van der Waals surface area contributed by atoms with Gasteiger partial charge < -0.3 is 14.6 Å². The van der Waals surface area contributed by atoms with Crippen LogP contribution in [-0.4, -0.2) is 18.3 Å². The van der Waals surface area contributed by atoms with Crippen molar-refractivity contribution in [3.63, 3.8) is 0 Å². The lowest BCUT2D eigenvalue weighted by Gasteiger charge is -2.01. The Bertz CT molecular complexity index is 320. The Hall–Kier alpha value is -1.29. The molecule has 4 nitrogen and oxygen atoms in total. The second kappa shape index (κ2) is 4.28. The molecule has 0 bridgehead atoms. The van der Waals surface area contributed by atoms with Crippen LogP contribution in [-0.2, 0) is 13.0 Å². The molecule has 1 aliphatic heterocycles. The third kappa shape index (κ3) is 1.80. The van der Waals surface area contributed by atoms with Gasteiger partial charge in [-0.05, 0) is 18.1 Å². The van der Waals surface area contributed by atoms with Crippen molar-refractivity contribution in [2.75, 3.05) is 13.2 Å². The topological polar surface area (TPSA) is 47.3 Å². The van der Waals surface area contributed by atoms with Crippen molar-refractivity contribution in [3.05, 3.63) is 24.0 Å². The highest BCUT2D eigenvalue weighted by molar-refractivity contribution is 5.29. The van der Waals surface area contributed by atoms with Gasteiger partial charge in [-0.1, -0.05) is 12.7 Å². The van der Waals surface area contributed by atoms with E-state index in [-0.39, 0.29) is 0 Å². The number of rotatable bonds is 3. The zero-order valence-electron chi connectivity index (χ0n) is 8.08. The second-order valence-corrected chi connectivity index (χ2v) is 3.27. The van der Waals surface area contributed by atoms with E-state index in [0.717, 1.165) is 37.3 Å². The van der Waals surface area contributed by atoms with Gasteiger partial charge in [0.05, 0.1) is 5.56 Å². The highest BCUT2D eigenvalue weighted by Crippen LogP contribution is 2.24. The van der Waals surface area contributed by atoms with E-state index in [1.54, 1.807) is 6.08 Å². The average Bonchev–Trinajstić information content (AvgIpc) is 2.45. The first kappa shape index (κ1) is 9.27. The van der Waals surface area contributed by atoms with Crippen molar-refractivity contribution in [1.82, 2.24) is 10.5 Å². The quantitative estimate of drug-likeness (QED) is 0.736. The molecule has 0 spiro atoms. The van der Waals surface area contributed by atoms with Gasteiger partial charge in [-0.2, -0.15) is 0 Å². The maximum atomic E-state index is 5.39. The fourth-order valence-corrected chi connectivity index (χ4v) is 1.54. The Morgan fingerprint density at radius 3 is 3.43 bits per heavy atom. The Labute approximate surface area is 82.9 Å². The molecule has 0 aliphatic carbocycles. The van der Waals surface area contributed by atoms with Crippen LogP contribution in [0.1, 0.15) is 17.7 Å². The summed E-state index contributed by atoms with van der Waals surface area (Å²) in [6.45, 7) is 5.86. The van der Waals surface area contributed by atoms with E-state index in [1.807, 2.05) is 0 Å². The largest absolute Gasteiger partial charge is 0.471 e. The summed E-state index contributed by atoms with van der Waals surface area (Å²) in [6, 6.07) is 0. The minimum absolute atomic E-state index is 0.471. The summed E-state index contributed by atoms with van der Waals surface area (Å²) in [7, 11) is 0. The summed E-state index contributed by atoms with van der Waals surface area (Å²) >= 11 is 0. The van der Waals surface area contributed by atoms with Crippen molar-refractivity contribution in [2.24, 2.45) is 0 Å². The molecule has 0 atom stereocenters. The standard InChI is InChI=1S/C10H14N2O2/c1-2-6-13-10-8-7-11-5-3-4-9(8)14-12-10/h2,11H,1,3-7H2. The summed E-state index contributed by atoms with van der Waals surface area (Å²) in [4.78, 5) is 0. The molecule has 1 aromatic rings. The number of fused-ring (bicyclic) bond motifs is 1. The summed E-state index contributed by atoms with van der Waals surface area (Å²) in [5.41, 5.74) is 1.06. The van der Waals surface area contributed by atoms with Crippen molar-refractivity contribution in [3.8, 4) is 5.88 Å². The Balaban J connectivity index is 2.16. The van der Waals surface area contributed by atoms with Gasteiger partial charge in [-0.3, -0.25) is 0 Å². The Morgan fingerprint density at radius 2 is 2.57 bits per heavy atom. The van der Waals surface area contributed by atoms with Gasteiger partial charge in [-0.25, -0.2) is 0 Å². The molecule has 1 aromatic heterocycles. The van der Waals surface area contributed by atoms with Crippen LogP contribution in [0.3, 0.4) is 0 Å². The maximum absolute atomic E-state index is 5.39. The van der Waals surface area contributed by atoms with Gasteiger partial charge in [0.1, 0.15) is 12.4 Å². The van der Waals surface area contributed by atoms with Crippen molar-refractivity contribution >= 4 is 0 Å². The van der Waals surface area contributed by atoms with Crippen LogP contribution in [0.4, 0.5) is 0 Å². The van der Waals surface area contributed by atoms with Crippen LogP contribution in [0.25, 0.3) is 0 Å². The molecule has 1 N–H and O–H groups in total. The molecule has 76 valence electrons. The Morgan fingerprint density at radius 1 is 1.64 bits per heavy atom. The number of hydrogen-bond donors (Lipinski definition) is 1. The molecule has 1 aliphatic rings. The first-order valence-corrected chi connectivity index (χ1v) is 4.83. The lowest BCUT2D eigenvalue weighted by molar-refractivity contribution is 0.300. The number of aryl methyl sites for hydroxylation is 1. The van der Waals surface area contributed by atoms with Gasteiger partial charge in [0.25, 0.3) is 5.88 Å². The van der Waals surface area contributed by atoms with Gasteiger partial charge >= 0.3 is 0 Å². The number of aromatic nitrogens is 1. The van der Waals surface area contributed by atoms with Gasteiger partial charge in [0.2, 0.25) is 0 Å². The Kier molecular flexibility index (Phi) is 2.84. The molecule has 2 rings (SSSR count). The molecule has 0 amide bonds. The normalized spacial score (nSPS) is 15.7. The summed E-state index contributed by atoms with van der Waals surface area (Å²) in [5.74, 6) is 1.56. The minimum Gasteiger partial charge on any atom is -0.471 e. The average molecular weight is 194 g/mol. The lowest BCUT2D eigenvalue weighted by atomic mass is 10.2. The van der Waals surface area contributed by atoms with E-state index in [1.165, 1.54) is 0 Å². The molecule has 0 saturated heterocycles. The van der Waals surface area contributed by atoms with Crippen molar-refractivity contribution in [2.45, 2.75) is 19.4 Å². The summed E-state index contributed by atoms with van der Waals surface area (Å²) in [5, 5.41) is 7.19. The minimum atomic E-state index is 0.471. The van der Waals surface area contributed by atoms with Crippen LogP contribution < -0.4 is 10.1 Å². The van der Waals surface area contributed by atoms with E-state index >= 15 is 0 Å². The van der Waals surface area contributed by atoms with Gasteiger partial charge in [0.15, 0.2) is 0 Å². The zero-order chi connectivity index (χ0) is 9.80. The summed E-state index contributed by atoms with van der Waals surface area (Å²) in [6.07, 6.45) is 3.72. The number of nitrogens with zero attached hydrogens (tertiary/aromatic N) is 1. The molecule has 14 heavy (non-hydrogen) atoms. The number of nitrogens with one attached hydrogen (secondary N) is 1. The maximum Gasteiger partial charge on any atom is 0.259 e. The summed E-state index contributed by atoms with van der Waals surface area (Å²) < 4.78 is 10.6. The highest BCUT2D eigenvalue weighted by atomic mass is 16.5.